The summed E-state index contributed by atoms with van der Waals surface area (Å²) in [6, 6.07) is 11.2. The van der Waals surface area contributed by atoms with E-state index in [1.165, 1.54) is 0 Å². The number of amides is 2. The van der Waals surface area contributed by atoms with E-state index < -0.39 is 6.04 Å². The van der Waals surface area contributed by atoms with E-state index in [-0.39, 0.29) is 24.0 Å². The molecular weight excluding hydrogens is 468 g/mol. The Morgan fingerprint density at radius 1 is 1.06 bits per heavy atom. The number of hydrogen-bond donors (Lipinski definition) is 1. The molecular formula is C26H35BrN2O3. The summed E-state index contributed by atoms with van der Waals surface area (Å²) in [5, 5.41) is 3.02. The largest absolute Gasteiger partial charge is 0.484 e. The summed E-state index contributed by atoms with van der Waals surface area (Å²) < 4.78 is 6.88. The van der Waals surface area contributed by atoms with Gasteiger partial charge in [-0.15, -0.1) is 0 Å². The van der Waals surface area contributed by atoms with Gasteiger partial charge in [0.25, 0.3) is 5.91 Å². The molecule has 0 radical (unpaired) electrons. The van der Waals surface area contributed by atoms with E-state index in [9.17, 15) is 9.59 Å². The quantitative estimate of drug-likeness (QED) is 0.520. The highest BCUT2D eigenvalue weighted by atomic mass is 79.9. The average molecular weight is 503 g/mol. The number of benzene rings is 2. The van der Waals surface area contributed by atoms with E-state index >= 15 is 0 Å². The minimum atomic E-state index is -0.583. The van der Waals surface area contributed by atoms with Gasteiger partial charge in [0.1, 0.15) is 11.8 Å². The van der Waals surface area contributed by atoms with E-state index in [4.69, 9.17) is 4.74 Å². The Morgan fingerprint density at radius 3 is 2.12 bits per heavy atom. The zero-order chi connectivity index (χ0) is 24.1. The van der Waals surface area contributed by atoms with Crippen LogP contribution in [0.25, 0.3) is 0 Å². The molecule has 1 N–H and O–H groups in total. The molecule has 2 amide bonds. The summed E-state index contributed by atoms with van der Waals surface area (Å²) in [7, 11) is 0. The average Bonchev–Trinajstić information content (AvgIpc) is 2.70. The Balaban J connectivity index is 2.26. The number of nitrogens with one attached hydrogen (secondary N) is 1. The lowest BCUT2D eigenvalue weighted by atomic mass is 10.1. The predicted octanol–water partition coefficient (Wildman–Crippen LogP) is 5.48. The van der Waals surface area contributed by atoms with Gasteiger partial charge in [-0.3, -0.25) is 9.59 Å². The van der Waals surface area contributed by atoms with Crippen molar-refractivity contribution in [3.8, 4) is 5.75 Å². The second-order valence-corrected chi connectivity index (χ2v) is 10.1. The molecule has 32 heavy (non-hydrogen) atoms. The van der Waals surface area contributed by atoms with Gasteiger partial charge in [-0.1, -0.05) is 52.7 Å². The van der Waals surface area contributed by atoms with Gasteiger partial charge in [0, 0.05) is 16.6 Å². The van der Waals surface area contributed by atoms with Crippen LogP contribution < -0.4 is 10.1 Å². The van der Waals surface area contributed by atoms with Crippen molar-refractivity contribution in [2.75, 3.05) is 6.61 Å². The van der Waals surface area contributed by atoms with E-state index in [1.54, 1.807) is 4.90 Å². The van der Waals surface area contributed by atoms with E-state index in [0.29, 0.717) is 18.7 Å². The van der Waals surface area contributed by atoms with Crippen LogP contribution in [0.1, 0.15) is 56.4 Å². The van der Waals surface area contributed by atoms with E-state index in [2.05, 4.69) is 21.2 Å². The Hall–Kier alpha value is -2.34. The third kappa shape index (κ3) is 7.37. The first-order chi connectivity index (χ1) is 14.9. The van der Waals surface area contributed by atoms with Crippen molar-refractivity contribution in [2.24, 2.45) is 0 Å². The molecule has 0 aliphatic heterocycles. The monoisotopic (exact) mass is 502 g/mol. The lowest BCUT2D eigenvalue weighted by Crippen LogP contribution is -2.54. The lowest BCUT2D eigenvalue weighted by molar-refractivity contribution is -0.143. The van der Waals surface area contributed by atoms with Crippen molar-refractivity contribution in [2.45, 2.75) is 73.0 Å². The van der Waals surface area contributed by atoms with Crippen LogP contribution in [0.4, 0.5) is 0 Å². The van der Waals surface area contributed by atoms with Gasteiger partial charge in [-0.05, 0) is 76.8 Å². The number of halogens is 1. The number of nitrogens with zero attached hydrogens (tertiary/aromatic N) is 1. The number of rotatable bonds is 8. The molecule has 2 rings (SSSR count). The first-order valence-corrected chi connectivity index (χ1v) is 11.8. The van der Waals surface area contributed by atoms with Gasteiger partial charge in [0.2, 0.25) is 5.91 Å². The zero-order valence-corrected chi connectivity index (χ0v) is 21.8. The Morgan fingerprint density at radius 2 is 1.62 bits per heavy atom. The van der Waals surface area contributed by atoms with Crippen LogP contribution in [0.2, 0.25) is 0 Å². The second-order valence-electron chi connectivity index (χ2n) is 9.33. The number of hydrogen-bond acceptors (Lipinski definition) is 3. The van der Waals surface area contributed by atoms with Crippen LogP contribution in [-0.2, 0) is 16.1 Å². The smallest absolute Gasteiger partial charge is 0.261 e. The van der Waals surface area contributed by atoms with Gasteiger partial charge in [0.15, 0.2) is 6.61 Å². The summed E-state index contributed by atoms with van der Waals surface area (Å²) in [4.78, 5) is 28.0. The molecule has 0 aromatic heterocycles. The maximum absolute atomic E-state index is 13.3. The maximum atomic E-state index is 13.3. The molecule has 0 saturated heterocycles. The molecule has 0 bridgehead atoms. The second kappa shape index (κ2) is 11.0. The van der Waals surface area contributed by atoms with Gasteiger partial charge in [-0.25, -0.2) is 0 Å². The molecule has 0 unspecified atom stereocenters. The Bertz CT molecular complexity index is 926. The number of aryl methyl sites for hydroxylation is 3. The fourth-order valence-electron chi connectivity index (χ4n) is 3.48. The molecule has 0 saturated carbocycles. The molecule has 0 aliphatic rings. The molecule has 2 aromatic rings. The third-order valence-electron chi connectivity index (χ3n) is 5.13. The van der Waals surface area contributed by atoms with Crippen LogP contribution in [-0.4, -0.2) is 34.9 Å². The molecule has 6 heteroatoms. The lowest BCUT2D eigenvalue weighted by Gasteiger charge is -2.33. The minimum Gasteiger partial charge on any atom is -0.484 e. The molecule has 0 heterocycles. The molecule has 174 valence electrons. The van der Waals surface area contributed by atoms with E-state index in [1.807, 2.05) is 84.9 Å². The summed E-state index contributed by atoms with van der Waals surface area (Å²) in [6.07, 6.45) is 0.510. The predicted molar refractivity (Wildman–Crippen MR) is 133 cm³/mol. The highest BCUT2D eigenvalue weighted by Gasteiger charge is 2.30. The fraction of sp³-hybridized carbons (Fsp3) is 0.462. The third-order valence-corrected chi connectivity index (χ3v) is 6.38. The fourth-order valence-corrected chi connectivity index (χ4v) is 3.71. The highest BCUT2D eigenvalue weighted by molar-refractivity contribution is 9.10. The van der Waals surface area contributed by atoms with Crippen molar-refractivity contribution < 1.29 is 14.3 Å². The van der Waals surface area contributed by atoms with Crippen molar-refractivity contribution in [1.29, 1.82) is 0 Å². The van der Waals surface area contributed by atoms with Crippen LogP contribution in [0.5, 0.6) is 5.75 Å². The summed E-state index contributed by atoms with van der Waals surface area (Å²) in [5.41, 5.74) is 3.82. The SMILES string of the molecule is CC[C@H](C(=O)NC(C)(C)C)N(Cc1ccc(C)cc1)C(=O)COc1cc(C)c(Br)c(C)c1. The Labute approximate surface area is 200 Å². The van der Waals surface area contributed by atoms with Gasteiger partial charge >= 0.3 is 0 Å². The van der Waals surface area contributed by atoms with Crippen molar-refractivity contribution in [1.82, 2.24) is 10.2 Å². The first-order valence-electron chi connectivity index (χ1n) is 11.0. The molecule has 1 atom stereocenters. The van der Waals surface area contributed by atoms with Crippen molar-refractivity contribution in [3.63, 3.8) is 0 Å². The van der Waals surface area contributed by atoms with Crippen LogP contribution >= 0.6 is 15.9 Å². The normalized spacial score (nSPS) is 12.2. The molecule has 0 aliphatic carbocycles. The molecule has 5 nitrogen and oxygen atoms in total. The van der Waals surface area contributed by atoms with Crippen LogP contribution in [0.3, 0.4) is 0 Å². The summed E-state index contributed by atoms with van der Waals surface area (Å²) >= 11 is 3.55. The summed E-state index contributed by atoms with van der Waals surface area (Å²) in [5.74, 6) is 0.259. The number of carbonyl (C=O) groups excluding carboxylic acids is 2. The summed E-state index contributed by atoms with van der Waals surface area (Å²) in [6.45, 7) is 13.9. The number of carbonyl (C=O) groups is 2. The van der Waals surface area contributed by atoms with Crippen molar-refractivity contribution in [3.05, 3.63) is 63.1 Å². The highest BCUT2D eigenvalue weighted by Crippen LogP contribution is 2.26. The minimum absolute atomic E-state index is 0.133. The van der Waals surface area contributed by atoms with Crippen LogP contribution in [0, 0.1) is 20.8 Å². The topological polar surface area (TPSA) is 58.6 Å². The molecule has 2 aromatic carbocycles. The zero-order valence-electron chi connectivity index (χ0n) is 20.2. The van der Waals surface area contributed by atoms with Crippen LogP contribution in [0.15, 0.2) is 40.9 Å². The maximum Gasteiger partial charge on any atom is 0.261 e. The molecule has 0 fully saturated rings. The van der Waals surface area contributed by atoms with Crippen molar-refractivity contribution >= 4 is 27.7 Å². The standard InChI is InChI=1S/C26H35BrN2O3/c1-8-22(25(31)28-26(5,6)7)29(15-20-11-9-17(2)10-12-20)23(30)16-32-21-13-18(3)24(27)19(4)14-21/h9-14,22H,8,15-16H2,1-7H3,(H,28,31)/t22-/m1/s1. The Kier molecular flexibility index (Phi) is 8.90. The molecule has 0 spiro atoms. The number of ether oxygens (including phenoxy) is 1. The van der Waals surface area contributed by atoms with E-state index in [0.717, 1.165) is 26.7 Å². The first kappa shape index (κ1) is 25.9. The van der Waals surface area contributed by atoms with Gasteiger partial charge < -0.3 is 15.0 Å². The van der Waals surface area contributed by atoms with Gasteiger partial charge in [0.05, 0.1) is 0 Å². The van der Waals surface area contributed by atoms with Gasteiger partial charge in [-0.2, -0.15) is 0 Å².